The molecule has 94 valence electrons. The molecule has 0 fully saturated rings. The summed E-state index contributed by atoms with van der Waals surface area (Å²) in [6.07, 6.45) is 2.41. The van der Waals surface area contributed by atoms with Gasteiger partial charge in [-0.2, -0.15) is 0 Å². The Hall–Kier alpha value is -1.42. The number of amides is 1. The third-order valence-corrected chi connectivity index (χ3v) is 2.55. The van der Waals surface area contributed by atoms with Crippen LogP contribution in [-0.2, 0) is 4.79 Å². The van der Waals surface area contributed by atoms with Crippen molar-refractivity contribution in [2.75, 3.05) is 0 Å². The Labute approximate surface area is 103 Å². The van der Waals surface area contributed by atoms with Crippen molar-refractivity contribution in [2.45, 2.75) is 39.3 Å². The molecule has 3 N–H and O–H groups in total. The molecule has 1 aromatic heterocycles. The normalized spacial score (nSPS) is 14.4. The molecule has 1 rings (SSSR count). The molecule has 1 amide bonds. The van der Waals surface area contributed by atoms with Gasteiger partial charge in [0.05, 0.1) is 17.8 Å². The van der Waals surface area contributed by atoms with Gasteiger partial charge >= 0.3 is 0 Å². The van der Waals surface area contributed by atoms with Crippen molar-refractivity contribution in [2.24, 2.45) is 11.7 Å². The molecule has 4 heteroatoms. The van der Waals surface area contributed by atoms with Crippen molar-refractivity contribution in [3.63, 3.8) is 0 Å². The fourth-order valence-electron chi connectivity index (χ4n) is 1.64. The van der Waals surface area contributed by atoms with Gasteiger partial charge in [-0.05, 0) is 31.4 Å². The Bertz CT molecular complexity index is 351. The van der Waals surface area contributed by atoms with E-state index in [4.69, 9.17) is 5.73 Å². The lowest BCUT2D eigenvalue weighted by Gasteiger charge is -2.18. The number of hydrogen-bond donors (Lipinski definition) is 2. The van der Waals surface area contributed by atoms with Crippen molar-refractivity contribution in [1.29, 1.82) is 0 Å². The van der Waals surface area contributed by atoms with E-state index in [-0.39, 0.29) is 11.9 Å². The molecular weight excluding hydrogens is 214 g/mol. The van der Waals surface area contributed by atoms with Gasteiger partial charge in [-0.1, -0.05) is 19.9 Å². The maximum atomic E-state index is 11.8. The fraction of sp³-hybridized carbons (Fsp3) is 0.538. The average Bonchev–Trinajstić information content (AvgIpc) is 2.29. The molecule has 0 aliphatic rings. The van der Waals surface area contributed by atoms with Crippen molar-refractivity contribution in [3.05, 3.63) is 30.1 Å². The van der Waals surface area contributed by atoms with Crippen molar-refractivity contribution < 1.29 is 4.79 Å². The zero-order valence-corrected chi connectivity index (χ0v) is 10.7. The predicted molar refractivity (Wildman–Crippen MR) is 68.2 cm³/mol. The molecule has 2 atom stereocenters. The highest BCUT2D eigenvalue weighted by atomic mass is 16.2. The average molecular weight is 235 g/mol. The fourth-order valence-corrected chi connectivity index (χ4v) is 1.64. The van der Waals surface area contributed by atoms with E-state index in [0.29, 0.717) is 12.3 Å². The minimum atomic E-state index is -0.443. The first-order valence-corrected chi connectivity index (χ1v) is 5.97. The summed E-state index contributed by atoms with van der Waals surface area (Å²) >= 11 is 0. The molecule has 0 aromatic carbocycles. The number of nitrogens with two attached hydrogens (primary N) is 1. The highest BCUT2D eigenvalue weighted by Crippen LogP contribution is 2.09. The maximum Gasteiger partial charge on any atom is 0.237 e. The lowest BCUT2D eigenvalue weighted by molar-refractivity contribution is -0.123. The van der Waals surface area contributed by atoms with Gasteiger partial charge in [0.2, 0.25) is 5.91 Å². The summed E-state index contributed by atoms with van der Waals surface area (Å²) in [6, 6.07) is 5.09. The van der Waals surface area contributed by atoms with Crippen LogP contribution in [-0.4, -0.2) is 16.9 Å². The monoisotopic (exact) mass is 235 g/mol. The number of carbonyl (C=O) groups is 1. The zero-order valence-electron chi connectivity index (χ0n) is 10.7. The van der Waals surface area contributed by atoms with E-state index in [9.17, 15) is 4.79 Å². The Morgan fingerprint density at radius 3 is 2.65 bits per heavy atom. The van der Waals surface area contributed by atoms with Gasteiger partial charge in [-0.15, -0.1) is 0 Å². The quantitative estimate of drug-likeness (QED) is 0.815. The lowest BCUT2D eigenvalue weighted by atomic mass is 10.0. The molecule has 0 saturated heterocycles. The van der Waals surface area contributed by atoms with E-state index in [1.165, 1.54) is 0 Å². The first-order chi connectivity index (χ1) is 8.00. The van der Waals surface area contributed by atoms with Gasteiger partial charge in [0.15, 0.2) is 0 Å². The summed E-state index contributed by atoms with van der Waals surface area (Å²) in [5, 5.41) is 2.87. The molecule has 4 nitrogen and oxygen atoms in total. The van der Waals surface area contributed by atoms with Gasteiger partial charge in [0, 0.05) is 6.20 Å². The van der Waals surface area contributed by atoms with Crippen molar-refractivity contribution in [1.82, 2.24) is 10.3 Å². The topological polar surface area (TPSA) is 68.0 Å². The van der Waals surface area contributed by atoms with Crippen LogP contribution in [0.5, 0.6) is 0 Å². The van der Waals surface area contributed by atoms with Crippen LogP contribution in [0.3, 0.4) is 0 Å². The summed E-state index contributed by atoms with van der Waals surface area (Å²) in [5.74, 6) is 0.303. The van der Waals surface area contributed by atoms with E-state index in [1.54, 1.807) is 6.20 Å². The van der Waals surface area contributed by atoms with Crippen LogP contribution in [0.4, 0.5) is 0 Å². The van der Waals surface area contributed by atoms with E-state index in [2.05, 4.69) is 24.1 Å². The number of rotatable bonds is 5. The molecule has 0 aliphatic heterocycles. The summed E-state index contributed by atoms with van der Waals surface area (Å²) in [6.45, 7) is 6.01. The minimum absolute atomic E-state index is 0.109. The summed E-state index contributed by atoms with van der Waals surface area (Å²) < 4.78 is 0. The van der Waals surface area contributed by atoms with Gasteiger partial charge in [0.25, 0.3) is 0 Å². The number of nitrogens with one attached hydrogen (secondary N) is 1. The van der Waals surface area contributed by atoms with E-state index < -0.39 is 6.04 Å². The second-order valence-electron chi connectivity index (χ2n) is 4.72. The van der Waals surface area contributed by atoms with Crippen molar-refractivity contribution >= 4 is 5.91 Å². The van der Waals surface area contributed by atoms with Crippen LogP contribution < -0.4 is 11.1 Å². The van der Waals surface area contributed by atoms with Crippen LogP contribution in [0.15, 0.2) is 24.4 Å². The molecule has 0 radical (unpaired) electrons. The van der Waals surface area contributed by atoms with Crippen LogP contribution in [0, 0.1) is 5.92 Å². The minimum Gasteiger partial charge on any atom is -0.347 e. The standard InChI is InChI=1S/C13H21N3O/c1-9(2)8-11(14)13(17)16-10(3)12-6-4-5-7-15-12/h4-7,9-11H,8,14H2,1-3H3,(H,16,17)/t10?,11-/m0/s1. The number of hydrogen-bond acceptors (Lipinski definition) is 3. The van der Waals surface area contributed by atoms with E-state index in [1.807, 2.05) is 25.1 Å². The molecule has 1 heterocycles. The van der Waals surface area contributed by atoms with Gasteiger partial charge in [0.1, 0.15) is 0 Å². The van der Waals surface area contributed by atoms with E-state index in [0.717, 1.165) is 5.69 Å². The van der Waals surface area contributed by atoms with Gasteiger partial charge in [-0.3, -0.25) is 9.78 Å². The number of nitrogens with zero attached hydrogens (tertiary/aromatic N) is 1. The van der Waals surface area contributed by atoms with Crippen LogP contribution in [0.2, 0.25) is 0 Å². The van der Waals surface area contributed by atoms with E-state index >= 15 is 0 Å². The molecule has 0 bridgehead atoms. The molecular formula is C13H21N3O. The van der Waals surface area contributed by atoms with Crippen LogP contribution in [0.25, 0.3) is 0 Å². The Kier molecular flexibility index (Phi) is 5.10. The van der Waals surface area contributed by atoms with Gasteiger partial charge in [-0.25, -0.2) is 0 Å². The summed E-state index contributed by atoms with van der Waals surface area (Å²) in [4.78, 5) is 16.0. The maximum absolute atomic E-state index is 11.8. The molecule has 1 aromatic rings. The molecule has 1 unspecified atom stereocenters. The van der Waals surface area contributed by atoms with Crippen LogP contribution >= 0.6 is 0 Å². The Balaban J connectivity index is 2.51. The molecule has 17 heavy (non-hydrogen) atoms. The lowest BCUT2D eigenvalue weighted by Crippen LogP contribution is -2.42. The van der Waals surface area contributed by atoms with Gasteiger partial charge < -0.3 is 11.1 Å². The highest BCUT2D eigenvalue weighted by Gasteiger charge is 2.17. The predicted octanol–water partition coefficient (Wildman–Crippen LogP) is 1.63. The second kappa shape index (κ2) is 6.35. The smallest absolute Gasteiger partial charge is 0.237 e. The number of carbonyl (C=O) groups excluding carboxylic acids is 1. The number of aromatic nitrogens is 1. The molecule has 0 saturated carbocycles. The first kappa shape index (κ1) is 13.6. The Morgan fingerprint density at radius 1 is 1.41 bits per heavy atom. The second-order valence-corrected chi connectivity index (χ2v) is 4.72. The Morgan fingerprint density at radius 2 is 2.12 bits per heavy atom. The third-order valence-electron chi connectivity index (χ3n) is 2.55. The van der Waals surface area contributed by atoms with Crippen molar-refractivity contribution in [3.8, 4) is 0 Å². The highest BCUT2D eigenvalue weighted by molar-refractivity contribution is 5.81. The zero-order chi connectivity index (χ0) is 12.8. The largest absolute Gasteiger partial charge is 0.347 e. The molecule has 0 spiro atoms. The summed E-state index contributed by atoms with van der Waals surface area (Å²) in [7, 11) is 0. The molecule has 0 aliphatic carbocycles. The number of pyridine rings is 1. The first-order valence-electron chi connectivity index (χ1n) is 5.97. The van der Waals surface area contributed by atoms with Crippen LogP contribution in [0.1, 0.15) is 38.9 Å². The third kappa shape index (κ3) is 4.53. The summed E-state index contributed by atoms with van der Waals surface area (Å²) in [5.41, 5.74) is 6.66. The SMILES string of the molecule is CC(C)C[C@H](N)C(=O)NC(C)c1ccccn1.